The van der Waals surface area contributed by atoms with E-state index in [1.54, 1.807) is 0 Å². The van der Waals surface area contributed by atoms with E-state index in [1.165, 1.54) is 18.4 Å². The molecule has 96 valence electrons. The normalized spacial score (nSPS) is 12.4. The second-order valence-corrected chi connectivity index (χ2v) is 4.26. The lowest BCUT2D eigenvalue weighted by Gasteiger charge is -2.12. The molecule has 0 aliphatic carbocycles. The second kappa shape index (κ2) is 8.07. The zero-order valence-electron chi connectivity index (χ0n) is 11.2. The smallest absolute Gasteiger partial charge is 0.213 e. The van der Waals surface area contributed by atoms with Crippen LogP contribution in [0.1, 0.15) is 51.6 Å². The van der Waals surface area contributed by atoms with Gasteiger partial charge in [-0.15, -0.1) is 0 Å². The van der Waals surface area contributed by atoms with Gasteiger partial charge in [-0.1, -0.05) is 32.8 Å². The van der Waals surface area contributed by atoms with Crippen LogP contribution >= 0.6 is 0 Å². The zero-order valence-corrected chi connectivity index (χ0v) is 11.2. The molecule has 1 rings (SSSR count). The summed E-state index contributed by atoms with van der Waals surface area (Å²) in [6.07, 6.45) is 5.43. The Morgan fingerprint density at radius 1 is 1.29 bits per heavy atom. The van der Waals surface area contributed by atoms with Crippen molar-refractivity contribution in [2.75, 3.05) is 13.2 Å². The summed E-state index contributed by atoms with van der Waals surface area (Å²) in [5, 5.41) is 3.36. The molecule has 1 N–H and O–H groups in total. The summed E-state index contributed by atoms with van der Waals surface area (Å²) < 4.78 is 5.57. The fourth-order valence-electron chi connectivity index (χ4n) is 1.69. The first-order valence-corrected chi connectivity index (χ1v) is 6.60. The number of pyridine rings is 1. The number of unbranched alkanes of at least 4 members (excludes halogenated alkanes) is 2. The largest absolute Gasteiger partial charge is 0.478 e. The van der Waals surface area contributed by atoms with Gasteiger partial charge < -0.3 is 10.1 Å². The van der Waals surface area contributed by atoms with Gasteiger partial charge in [0.15, 0.2) is 0 Å². The van der Waals surface area contributed by atoms with E-state index in [2.05, 4.69) is 37.1 Å². The highest BCUT2D eigenvalue weighted by atomic mass is 16.5. The van der Waals surface area contributed by atoms with Gasteiger partial charge in [-0.2, -0.15) is 0 Å². The molecule has 0 spiro atoms. The highest BCUT2D eigenvalue weighted by Crippen LogP contribution is 2.14. The molecule has 1 aromatic rings. The molecule has 0 saturated carbocycles. The third-order valence-electron chi connectivity index (χ3n) is 2.77. The van der Waals surface area contributed by atoms with Gasteiger partial charge in [0.2, 0.25) is 5.88 Å². The lowest BCUT2D eigenvalue weighted by molar-refractivity contribution is 0.294. The number of ether oxygens (including phenoxy) is 1. The summed E-state index contributed by atoms with van der Waals surface area (Å²) in [5.74, 6) is 0.730. The molecule has 3 nitrogen and oxygen atoms in total. The molecule has 1 heterocycles. The van der Waals surface area contributed by atoms with Crippen molar-refractivity contribution in [2.24, 2.45) is 0 Å². The first-order valence-electron chi connectivity index (χ1n) is 6.60. The van der Waals surface area contributed by atoms with Crippen molar-refractivity contribution in [3.8, 4) is 5.88 Å². The Balaban J connectivity index is 2.39. The van der Waals surface area contributed by atoms with E-state index in [1.807, 2.05) is 12.3 Å². The number of hydrogen-bond donors (Lipinski definition) is 1. The van der Waals surface area contributed by atoms with Gasteiger partial charge in [0.1, 0.15) is 0 Å². The van der Waals surface area contributed by atoms with Crippen LogP contribution in [0.15, 0.2) is 18.3 Å². The maximum absolute atomic E-state index is 5.57. The fraction of sp³-hybridized carbons (Fsp3) is 0.643. The molecular weight excluding hydrogens is 212 g/mol. The molecular formula is C14H24N2O. The predicted molar refractivity (Wildman–Crippen MR) is 71.3 cm³/mol. The maximum Gasteiger partial charge on any atom is 0.213 e. The Labute approximate surface area is 105 Å². The third kappa shape index (κ3) is 5.18. The van der Waals surface area contributed by atoms with Crippen LogP contribution in [-0.2, 0) is 0 Å². The van der Waals surface area contributed by atoms with E-state index in [0.717, 1.165) is 25.5 Å². The van der Waals surface area contributed by atoms with Crippen molar-refractivity contribution in [3.05, 3.63) is 23.9 Å². The summed E-state index contributed by atoms with van der Waals surface area (Å²) in [6, 6.07) is 4.38. The van der Waals surface area contributed by atoms with Crippen LogP contribution in [0.2, 0.25) is 0 Å². The van der Waals surface area contributed by atoms with E-state index in [4.69, 9.17) is 4.74 Å². The number of nitrogens with zero attached hydrogens (tertiary/aromatic N) is 1. The molecule has 1 unspecified atom stereocenters. The van der Waals surface area contributed by atoms with Gasteiger partial charge >= 0.3 is 0 Å². The minimum Gasteiger partial charge on any atom is -0.478 e. The minimum atomic E-state index is 0.349. The molecule has 1 atom stereocenters. The van der Waals surface area contributed by atoms with Gasteiger partial charge in [-0.05, 0) is 25.5 Å². The van der Waals surface area contributed by atoms with E-state index in [9.17, 15) is 0 Å². The monoisotopic (exact) mass is 236 g/mol. The molecule has 0 bridgehead atoms. The van der Waals surface area contributed by atoms with E-state index < -0.39 is 0 Å². The van der Waals surface area contributed by atoms with E-state index >= 15 is 0 Å². The summed E-state index contributed by atoms with van der Waals surface area (Å²) in [6.45, 7) is 8.17. The molecule has 1 aromatic heterocycles. The first-order chi connectivity index (χ1) is 8.27. The van der Waals surface area contributed by atoms with Crippen molar-refractivity contribution in [2.45, 2.75) is 46.1 Å². The van der Waals surface area contributed by atoms with Gasteiger partial charge in [0, 0.05) is 18.3 Å². The average molecular weight is 236 g/mol. The molecule has 17 heavy (non-hydrogen) atoms. The molecule has 0 fully saturated rings. The third-order valence-corrected chi connectivity index (χ3v) is 2.77. The summed E-state index contributed by atoms with van der Waals surface area (Å²) in [5.41, 5.74) is 1.20. The first kappa shape index (κ1) is 14.0. The Bertz CT molecular complexity index is 298. The molecule has 0 aromatic carbocycles. The van der Waals surface area contributed by atoms with Crippen molar-refractivity contribution >= 4 is 0 Å². The zero-order chi connectivity index (χ0) is 12.5. The van der Waals surface area contributed by atoms with E-state index in [0.29, 0.717) is 6.04 Å². The van der Waals surface area contributed by atoms with Gasteiger partial charge in [-0.3, -0.25) is 0 Å². The van der Waals surface area contributed by atoms with Crippen molar-refractivity contribution in [1.29, 1.82) is 0 Å². The maximum atomic E-state index is 5.57. The molecule has 0 amide bonds. The van der Waals surface area contributed by atoms with Gasteiger partial charge in [0.05, 0.1) is 6.61 Å². The lowest BCUT2D eigenvalue weighted by Crippen LogP contribution is -2.17. The average Bonchev–Trinajstić information content (AvgIpc) is 2.36. The Hall–Kier alpha value is -1.09. The summed E-state index contributed by atoms with van der Waals surface area (Å²) in [4.78, 5) is 4.32. The van der Waals surface area contributed by atoms with Crippen LogP contribution in [0, 0.1) is 0 Å². The Kier molecular flexibility index (Phi) is 6.63. The van der Waals surface area contributed by atoms with Crippen LogP contribution < -0.4 is 10.1 Å². The summed E-state index contributed by atoms with van der Waals surface area (Å²) >= 11 is 0. The fourth-order valence-corrected chi connectivity index (χ4v) is 1.69. The van der Waals surface area contributed by atoms with Crippen molar-refractivity contribution < 1.29 is 4.74 Å². The number of hydrogen-bond acceptors (Lipinski definition) is 3. The van der Waals surface area contributed by atoms with Gasteiger partial charge in [0.25, 0.3) is 0 Å². The van der Waals surface area contributed by atoms with Gasteiger partial charge in [-0.25, -0.2) is 4.98 Å². The topological polar surface area (TPSA) is 34.1 Å². The minimum absolute atomic E-state index is 0.349. The quantitative estimate of drug-likeness (QED) is 0.703. The standard InChI is InChI=1S/C14H24N2O/c1-4-6-7-10-17-14-9-8-13(11-16-14)12(3)15-5-2/h8-9,11-12,15H,4-7,10H2,1-3H3. The summed E-state index contributed by atoms with van der Waals surface area (Å²) in [7, 11) is 0. The molecule has 0 radical (unpaired) electrons. The Morgan fingerprint density at radius 3 is 2.71 bits per heavy atom. The lowest BCUT2D eigenvalue weighted by atomic mass is 10.1. The second-order valence-electron chi connectivity index (χ2n) is 4.26. The highest BCUT2D eigenvalue weighted by Gasteiger charge is 2.04. The van der Waals surface area contributed by atoms with Crippen LogP contribution in [0.4, 0.5) is 0 Å². The van der Waals surface area contributed by atoms with Crippen LogP contribution in [0.3, 0.4) is 0 Å². The predicted octanol–water partition coefficient (Wildman–Crippen LogP) is 3.32. The molecule has 3 heteroatoms. The highest BCUT2D eigenvalue weighted by molar-refractivity contribution is 5.20. The SMILES string of the molecule is CCCCCOc1ccc(C(C)NCC)cn1. The number of rotatable bonds is 8. The number of aromatic nitrogens is 1. The molecule has 0 saturated heterocycles. The molecule has 0 aliphatic heterocycles. The van der Waals surface area contributed by atoms with Crippen molar-refractivity contribution in [1.82, 2.24) is 10.3 Å². The molecule has 0 aliphatic rings. The van der Waals surface area contributed by atoms with E-state index in [-0.39, 0.29) is 0 Å². The Morgan fingerprint density at radius 2 is 2.12 bits per heavy atom. The van der Waals surface area contributed by atoms with Crippen LogP contribution in [0.5, 0.6) is 5.88 Å². The van der Waals surface area contributed by atoms with Crippen LogP contribution in [-0.4, -0.2) is 18.1 Å². The number of nitrogens with one attached hydrogen (secondary N) is 1. The van der Waals surface area contributed by atoms with Crippen LogP contribution in [0.25, 0.3) is 0 Å². The van der Waals surface area contributed by atoms with Crippen molar-refractivity contribution in [3.63, 3.8) is 0 Å².